The zero-order chi connectivity index (χ0) is 22.7. The monoisotopic (exact) mass is 424 g/mol. The molecule has 2 aromatic rings. The fourth-order valence-electron chi connectivity index (χ4n) is 2.96. The van der Waals surface area contributed by atoms with Crippen molar-refractivity contribution in [1.29, 1.82) is 0 Å². The van der Waals surface area contributed by atoms with Crippen molar-refractivity contribution in [2.75, 3.05) is 18.6 Å². The first-order chi connectivity index (χ1) is 14.7. The topological polar surface area (TPSA) is 122 Å². The number of amides is 4. The molecule has 2 N–H and O–H groups in total. The van der Waals surface area contributed by atoms with Crippen LogP contribution in [-0.2, 0) is 14.4 Å². The van der Waals surface area contributed by atoms with Crippen LogP contribution in [0.4, 0.5) is 10.5 Å². The highest BCUT2D eigenvalue weighted by molar-refractivity contribution is 6.39. The molecule has 0 spiro atoms. The average Bonchev–Trinajstić information content (AvgIpc) is 2.72. The normalized spacial score (nSPS) is 15.1. The molecule has 0 bridgehead atoms. The number of carbonyl (C=O) groups excluding carboxylic acids is 3. The van der Waals surface area contributed by atoms with Crippen molar-refractivity contribution >= 4 is 35.6 Å². The summed E-state index contributed by atoms with van der Waals surface area (Å²) in [4.78, 5) is 49.3. The van der Waals surface area contributed by atoms with Crippen molar-refractivity contribution in [3.8, 4) is 11.5 Å². The Bertz CT molecular complexity index is 1120. The van der Waals surface area contributed by atoms with E-state index in [1.165, 1.54) is 31.4 Å². The SMILES string of the molecule is COc1cc(/C=C2/C(=O)NC(=O)N(c3ccc(C)c(C)c3)C2=O)ccc1OCC(=O)O. The second-order valence-corrected chi connectivity index (χ2v) is 6.82. The Morgan fingerprint density at radius 2 is 1.81 bits per heavy atom. The smallest absolute Gasteiger partial charge is 0.341 e. The highest BCUT2D eigenvalue weighted by Crippen LogP contribution is 2.30. The van der Waals surface area contributed by atoms with Gasteiger partial charge in [0.15, 0.2) is 18.1 Å². The molecular weight excluding hydrogens is 404 g/mol. The van der Waals surface area contributed by atoms with Gasteiger partial charge in [-0.05, 0) is 60.9 Å². The van der Waals surface area contributed by atoms with Crippen molar-refractivity contribution in [3.63, 3.8) is 0 Å². The van der Waals surface area contributed by atoms with Gasteiger partial charge >= 0.3 is 12.0 Å². The second kappa shape index (κ2) is 8.70. The van der Waals surface area contributed by atoms with E-state index in [1.54, 1.807) is 18.2 Å². The number of rotatable bonds is 6. The van der Waals surface area contributed by atoms with Gasteiger partial charge in [0.25, 0.3) is 11.8 Å². The number of aryl methyl sites for hydroxylation is 2. The summed E-state index contributed by atoms with van der Waals surface area (Å²) in [6, 6.07) is 8.76. The van der Waals surface area contributed by atoms with Gasteiger partial charge in [-0.25, -0.2) is 14.5 Å². The first-order valence-electron chi connectivity index (χ1n) is 9.22. The molecule has 0 atom stereocenters. The number of aliphatic carboxylic acids is 1. The van der Waals surface area contributed by atoms with Crippen molar-refractivity contribution < 1.29 is 33.8 Å². The number of anilines is 1. The van der Waals surface area contributed by atoms with E-state index in [0.717, 1.165) is 16.0 Å². The Hall–Kier alpha value is -4.14. The summed E-state index contributed by atoms with van der Waals surface area (Å²) in [6.07, 6.45) is 1.32. The zero-order valence-electron chi connectivity index (χ0n) is 17.1. The van der Waals surface area contributed by atoms with Crippen LogP contribution in [0, 0.1) is 13.8 Å². The summed E-state index contributed by atoms with van der Waals surface area (Å²) in [7, 11) is 1.37. The van der Waals surface area contributed by atoms with Crippen LogP contribution in [0.3, 0.4) is 0 Å². The number of benzene rings is 2. The van der Waals surface area contributed by atoms with E-state index in [0.29, 0.717) is 11.3 Å². The summed E-state index contributed by atoms with van der Waals surface area (Å²) < 4.78 is 10.3. The van der Waals surface area contributed by atoms with Crippen LogP contribution in [0.1, 0.15) is 16.7 Å². The Morgan fingerprint density at radius 1 is 1.06 bits per heavy atom. The number of urea groups is 1. The molecule has 0 radical (unpaired) electrons. The maximum Gasteiger partial charge on any atom is 0.341 e. The standard InChI is InChI=1S/C22H20N2O7/c1-12-4-6-15(8-13(12)2)24-21(28)16(20(27)23-22(24)29)9-14-5-7-17(18(10-14)30-3)31-11-19(25)26/h4-10H,11H2,1-3H3,(H,25,26)(H,23,27,29)/b16-9-. The van der Waals surface area contributed by atoms with Crippen LogP contribution in [0.25, 0.3) is 6.08 Å². The molecule has 1 aliphatic heterocycles. The number of methoxy groups -OCH3 is 1. The highest BCUT2D eigenvalue weighted by atomic mass is 16.5. The van der Waals surface area contributed by atoms with E-state index in [-0.39, 0.29) is 17.1 Å². The van der Waals surface area contributed by atoms with Gasteiger partial charge in [-0.1, -0.05) is 12.1 Å². The number of carbonyl (C=O) groups is 4. The quantitative estimate of drug-likeness (QED) is 0.539. The van der Waals surface area contributed by atoms with E-state index >= 15 is 0 Å². The third-order valence-electron chi connectivity index (χ3n) is 4.70. The lowest BCUT2D eigenvalue weighted by Crippen LogP contribution is -2.54. The predicted octanol–water partition coefficient (Wildman–Crippen LogP) is 2.44. The molecule has 1 heterocycles. The van der Waals surface area contributed by atoms with Crippen LogP contribution in [0.15, 0.2) is 42.0 Å². The zero-order valence-corrected chi connectivity index (χ0v) is 17.1. The highest BCUT2D eigenvalue weighted by Gasteiger charge is 2.36. The molecule has 4 amide bonds. The number of barbiturate groups is 1. The maximum absolute atomic E-state index is 13.0. The second-order valence-electron chi connectivity index (χ2n) is 6.82. The third kappa shape index (κ3) is 4.55. The maximum atomic E-state index is 13.0. The molecular formula is C22H20N2O7. The van der Waals surface area contributed by atoms with Crippen molar-refractivity contribution in [2.24, 2.45) is 0 Å². The van der Waals surface area contributed by atoms with Gasteiger partial charge in [-0.2, -0.15) is 0 Å². The number of nitrogens with zero attached hydrogens (tertiary/aromatic N) is 1. The number of hydrogen-bond acceptors (Lipinski definition) is 6. The molecule has 1 fully saturated rings. The van der Waals surface area contributed by atoms with E-state index < -0.39 is 30.4 Å². The lowest BCUT2D eigenvalue weighted by molar-refractivity contribution is -0.139. The van der Waals surface area contributed by atoms with Gasteiger partial charge in [-0.3, -0.25) is 14.9 Å². The van der Waals surface area contributed by atoms with Gasteiger partial charge < -0.3 is 14.6 Å². The van der Waals surface area contributed by atoms with Crippen molar-refractivity contribution in [1.82, 2.24) is 5.32 Å². The number of carboxylic acids is 1. The lowest BCUT2D eigenvalue weighted by atomic mass is 10.0. The Labute approximate surface area is 177 Å². The minimum Gasteiger partial charge on any atom is -0.493 e. The Kier molecular flexibility index (Phi) is 6.05. The molecule has 0 saturated carbocycles. The summed E-state index contributed by atoms with van der Waals surface area (Å²) in [6.45, 7) is 3.21. The van der Waals surface area contributed by atoms with Gasteiger partial charge in [0.1, 0.15) is 5.57 Å². The average molecular weight is 424 g/mol. The van der Waals surface area contributed by atoms with Crippen LogP contribution in [0.5, 0.6) is 11.5 Å². The number of hydrogen-bond donors (Lipinski definition) is 2. The molecule has 1 saturated heterocycles. The number of nitrogens with one attached hydrogen (secondary N) is 1. The Balaban J connectivity index is 1.96. The van der Waals surface area contributed by atoms with Gasteiger partial charge in [0, 0.05) is 0 Å². The largest absolute Gasteiger partial charge is 0.493 e. The van der Waals surface area contributed by atoms with E-state index in [4.69, 9.17) is 14.6 Å². The number of imide groups is 2. The summed E-state index contributed by atoms with van der Waals surface area (Å²) >= 11 is 0. The molecule has 9 nitrogen and oxygen atoms in total. The van der Waals surface area contributed by atoms with E-state index in [1.807, 2.05) is 13.8 Å². The third-order valence-corrected chi connectivity index (χ3v) is 4.70. The Morgan fingerprint density at radius 3 is 2.45 bits per heavy atom. The van der Waals surface area contributed by atoms with Gasteiger partial charge in [-0.15, -0.1) is 0 Å². The number of ether oxygens (including phenoxy) is 2. The fraction of sp³-hybridized carbons (Fsp3) is 0.182. The summed E-state index contributed by atoms with van der Waals surface area (Å²) in [5.41, 5.74) is 2.42. The van der Waals surface area contributed by atoms with Crippen LogP contribution in [0.2, 0.25) is 0 Å². The summed E-state index contributed by atoms with van der Waals surface area (Å²) in [5, 5.41) is 10.9. The molecule has 160 valence electrons. The predicted molar refractivity (Wildman–Crippen MR) is 111 cm³/mol. The van der Waals surface area contributed by atoms with Gasteiger partial charge in [0.2, 0.25) is 0 Å². The van der Waals surface area contributed by atoms with E-state index in [2.05, 4.69) is 5.32 Å². The van der Waals surface area contributed by atoms with Crippen molar-refractivity contribution in [3.05, 3.63) is 58.7 Å². The minimum absolute atomic E-state index is 0.193. The van der Waals surface area contributed by atoms with E-state index in [9.17, 15) is 19.2 Å². The first-order valence-corrected chi connectivity index (χ1v) is 9.22. The van der Waals surface area contributed by atoms with Crippen LogP contribution < -0.4 is 19.7 Å². The molecule has 31 heavy (non-hydrogen) atoms. The van der Waals surface area contributed by atoms with Crippen molar-refractivity contribution in [2.45, 2.75) is 13.8 Å². The molecule has 2 aromatic carbocycles. The van der Waals surface area contributed by atoms with Gasteiger partial charge in [0.05, 0.1) is 12.8 Å². The molecule has 9 heteroatoms. The first kappa shape index (κ1) is 21.6. The molecule has 1 aliphatic rings. The molecule has 3 rings (SSSR count). The summed E-state index contributed by atoms with van der Waals surface area (Å²) in [5.74, 6) is -2.31. The molecule has 0 aromatic heterocycles. The number of carboxylic acid groups (broad SMARTS) is 1. The van der Waals surface area contributed by atoms with Crippen LogP contribution >= 0.6 is 0 Å². The fourth-order valence-corrected chi connectivity index (χ4v) is 2.96. The minimum atomic E-state index is -1.14. The lowest BCUT2D eigenvalue weighted by Gasteiger charge is -2.26. The molecule has 0 unspecified atom stereocenters. The molecule has 0 aliphatic carbocycles. The van der Waals surface area contributed by atoms with Crippen LogP contribution in [-0.4, -0.2) is 42.6 Å².